The van der Waals surface area contributed by atoms with Gasteiger partial charge in [-0.2, -0.15) is 0 Å². The van der Waals surface area contributed by atoms with Gasteiger partial charge in [0.05, 0.1) is 18.1 Å². The van der Waals surface area contributed by atoms with E-state index in [1.807, 2.05) is 30.3 Å². The first-order valence-corrected chi connectivity index (χ1v) is 11.3. The number of para-hydroxylation sites is 1. The maximum Gasteiger partial charge on any atom is 0.251 e. The fourth-order valence-electron chi connectivity index (χ4n) is 2.92. The van der Waals surface area contributed by atoms with Crippen LogP contribution in [0.15, 0.2) is 65.7 Å². The Balaban J connectivity index is 1.50. The Labute approximate surface area is 181 Å². The number of methoxy groups -OCH3 is 1. The number of amides is 1. The van der Waals surface area contributed by atoms with Gasteiger partial charge in [0.2, 0.25) is 10.0 Å². The maximum atomic E-state index is 12.4. The molecule has 2 aromatic carbocycles. The van der Waals surface area contributed by atoms with E-state index < -0.39 is 10.0 Å². The van der Waals surface area contributed by atoms with Gasteiger partial charge < -0.3 is 14.8 Å². The topological polar surface area (TPSA) is 107 Å². The molecule has 0 unspecified atom stereocenters. The van der Waals surface area contributed by atoms with Crippen molar-refractivity contribution in [1.82, 2.24) is 15.0 Å². The summed E-state index contributed by atoms with van der Waals surface area (Å²) in [6, 6.07) is 15.5. The van der Waals surface area contributed by atoms with Crippen LogP contribution < -0.4 is 14.8 Å². The SMILES string of the molecule is COCCNS(=O)(=O)c1cccc(C(=O)NCCCOc2cccc3cccnc23)c1. The van der Waals surface area contributed by atoms with E-state index in [-0.39, 0.29) is 29.5 Å². The Hall–Kier alpha value is -3.01. The van der Waals surface area contributed by atoms with Crippen molar-refractivity contribution in [2.24, 2.45) is 0 Å². The zero-order valence-electron chi connectivity index (χ0n) is 17.2. The number of sulfonamides is 1. The van der Waals surface area contributed by atoms with Gasteiger partial charge in [-0.15, -0.1) is 0 Å². The molecule has 0 radical (unpaired) electrons. The van der Waals surface area contributed by atoms with Gasteiger partial charge >= 0.3 is 0 Å². The standard InChI is InChI=1S/C22H25N3O5S/c1-29-15-13-25-31(27,28)19-9-2-7-18(16-19)22(26)24-12-5-14-30-20-10-3-6-17-8-4-11-23-21(17)20/h2-4,6-11,16,25H,5,12-15H2,1H3,(H,24,26). The van der Waals surface area contributed by atoms with E-state index in [4.69, 9.17) is 9.47 Å². The van der Waals surface area contributed by atoms with Crippen LogP contribution in [0.3, 0.4) is 0 Å². The number of nitrogens with zero attached hydrogens (tertiary/aromatic N) is 1. The number of carbonyl (C=O) groups is 1. The maximum absolute atomic E-state index is 12.4. The molecule has 8 nitrogen and oxygen atoms in total. The van der Waals surface area contributed by atoms with Crippen molar-refractivity contribution in [2.45, 2.75) is 11.3 Å². The van der Waals surface area contributed by atoms with Crippen LogP contribution in [-0.2, 0) is 14.8 Å². The minimum Gasteiger partial charge on any atom is -0.491 e. The largest absolute Gasteiger partial charge is 0.491 e. The lowest BCUT2D eigenvalue weighted by molar-refractivity contribution is 0.0951. The second kappa shape index (κ2) is 10.9. The molecule has 0 saturated heterocycles. The summed E-state index contributed by atoms with van der Waals surface area (Å²) in [7, 11) is -2.21. The summed E-state index contributed by atoms with van der Waals surface area (Å²) < 4.78 is 37.7. The molecule has 0 bridgehead atoms. The number of nitrogens with one attached hydrogen (secondary N) is 2. The number of fused-ring (bicyclic) bond motifs is 1. The fraction of sp³-hybridized carbons (Fsp3) is 0.273. The number of pyridine rings is 1. The molecule has 0 aliphatic rings. The second-order valence-electron chi connectivity index (χ2n) is 6.71. The van der Waals surface area contributed by atoms with Gasteiger partial charge in [-0.25, -0.2) is 13.1 Å². The van der Waals surface area contributed by atoms with E-state index in [2.05, 4.69) is 15.0 Å². The molecule has 1 aromatic heterocycles. The predicted octanol–water partition coefficient (Wildman–Crippen LogP) is 2.36. The van der Waals surface area contributed by atoms with Crippen LogP contribution in [0, 0.1) is 0 Å². The molecule has 0 fully saturated rings. The molecule has 2 N–H and O–H groups in total. The van der Waals surface area contributed by atoms with Crippen molar-refractivity contribution in [3.8, 4) is 5.75 Å². The van der Waals surface area contributed by atoms with Crippen molar-refractivity contribution in [2.75, 3.05) is 33.4 Å². The number of benzene rings is 2. The van der Waals surface area contributed by atoms with Crippen molar-refractivity contribution in [1.29, 1.82) is 0 Å². The van der Waals surface area contributed by atoms with E-state index in [9.17, 15) is 13.2 Å². The Kier molecular flexibility index (Phi) is 7.94. The van der Waals surface area contributed by atoms with Crippen LogP contribution in [0.2, 0.25) is 0 Å². The molecule has 164 valence electrons. The summed E-state index contributed by atoms with van der Waals surface area (Å²) in [6.07, 6.45) is 2.31. The van der Waals surface area contributed by atoms with Gasteiger partial charge in [0.15, 0.2) is 0 Å². The Morgan fingerprint density at radius 1 is 1.03 bits per heavy atom. The minimum absolute atomic E-state index is 0.0306. The van der Waals surface area contributed by atoms with Crippen LogP contribution >= 0.6 is 0 Å². The average Bonchev–Trinajstić information content (AvgIpc) is 2.79. The highest BCUT2D eigenvalue weighted by molar-refractivity contribution is 7.89. The Bertz CT molecular complexity index is 1130. The third kappa shape index (κ3) is 6.24. The quantitative estimate of drug-likeness (QED) is 0.441. The van der Waals surface area contributed by atoms with E-state index in [0.717, 1.165) is 10.9 Å². The Morgan fingerprint density at radius 3 is 2.68 bits per heavy atom. The molecular formula is C22H25N3O5S. The lowest BCUT2D eigenvalue weighted by Gasteiger charge is -2.10. The summed E-state index contributed by atoms with van der Waals surface area (Å²) in [5, 5.41) is 3.78. The van der Waals surface area contributed by atoms with Crippen LogP contribution in [0.5, 0.6) is 5.75 Å². The lowest BCUT2D eigenvalue weighted by Crippen LogP contribution is -2.28. The highest BCUT2D eigenvalue weighted by Crippen LogP contribution is 2.22. The van der Waals surface area contributed by atoms with E-state index >= 15 is 0 Å². The van der Waals surface area contributed by atoms with Crippen molar-refractivity contribution in [3.05, 3.63) is 66.4 Å². The van der Waals surface area contributed by atoms with Crippen molar-refractivity contribution < 1.29 is 22.7 Å². The molecule has 0 saturated carbocycles. The number of ether oxygens (including phenoxy) is 2. The highest BCUT2D eigenvalue weighted by atomic mass is 32.2. The monoisotopic (exact) mass is 443 g/mol. The van der Waals surface area contributed by atoms with E-state index in [1.165, 1.54) is 25.3 Å². The molecule has 3 aromatic rings. The van der Waals surface area contributed by atoms with Gasteiger partial charge in [-0.3, -0.25) is 9.78 Å². The summed E-state index contributed by atoms with van der Waals surface area (Å²) in [5.74, 6) is 0.351. The van der Waals surface area contributed by atoms with Gasteiger partial charge in [-0.05, 0) is 36.8 Å². The van der Waals surface area contributed by atoms with Gasteiger partial charge in [0, 0.05) is 37.3 Å². The average molecular weight is 444 g/mol. The third-order valence-corrected chi connectivity index (χ3v) is 5.92. The lowest BCUT2D eigenvalue weighted by atomic mass is 10.2. The zero-order valence-corrected chi connectivity index (χ0v) is 18.0. The van der Waals surface area contributed by atoms with Gasteiger partial charge in [-0.1, -0.05) is 24.3 Å². The summed E-state index contributed by atoms with van der Waals surface area (Å²) in [6.45, 7) is 1.21. The minimum atomic E-state index is -3.70. The van der Waals surface area contributed by atoms with Crippen LogP contribution in [0.1, 0.15) is 16.8 Å². The summed E-state index contributed by atoms with van der Waals surface area (Å²) >= 11 is 0. The molecule has 1 amide bonds. The first-order chi connectivity index (χ1) is 15.0. The van der Waals surface area contributed by atoms with Crippen LogP contribution in [-0.4, -0.2) is 52.7 Å². The molecule has 31 heavy (non-hydrogen) atoms. The molecule has 3 rings (SSSR count). The first kappa shape index (κ1) is 22.7. The predicted molar refractivity (Wildman–Crippen MR) is 118 cm³/mol. The van der Waals surface area contributed by atoms with Gasteiger partial charge in [0.25, 0.3) is 5.91 Å². The molecule has 0 aliphatic heterocycles. The molecule has 0 atom stereocenters. The normalized spacial score (nSPS) is 11.4. The van der Waals surface area contributed by atoms with Crippen LogP contribution in [0.25, 0.3) is 10.9 Å². The molecule has 0 spiro atoms. The molecule has 1 heterocycles. The molecule has 0 aliphatic carbocycles. The smallest absolute Gasteiger partial charge is 0.251 e. The number of rotatable bonds is 11. The highest BCUT2D eigenvalue weighted by Gasteiger charge is 2.15. The summed E-state index contributed by atoms with van der Waals surface area (Å²) in [5.41, 5.74) is 1.07. The van der Waals surface area contributed by atoms with E-state index in [0.29, 0.717) is 25.3 Å². The second-order valence-corrected chi connectivity index (χ2v) is 8.47. The Morgan fingerprint density at radius 2 is 1.84 bits per heavy atom. The number of carbonyl (C=O) groups excluding carboxylic acids is 1. The number of aromatic nitrogens is 1. The summed E-state index contributed by atoms with van der Waals surface area (Å²) in [4.78, 5) is 16.8. The third-order valence-electron chi connectivity index (χ3n) is 4.46. The van der Waals surface area contributed by atoms with Crippen molar-refractivity contribution in [3.63, 3.8) is 0 Å². The zero-order chi connectivity index (χ0) is 22.1. The van der Waals surface area contributed by atoms with Crippen molar-refractivity contribution >= 4 is 26.8 Å². The first-order valence-electron chi connectivity index (χ1n) is 9.85. The molecular weight excluding hydrogens is 418 g/mol. The number of hydrogen-bond donors (Lipinski definition) is 2. The van der Waals surface area contributed by atoms with E-state index in [1.54, 1.807) is 12.3 Å². The fourth-order valence-corrected chi connectivity index (χ4v) is 3.98. The number of hydrogen-bond acceptors (Lipinski definition) is 6. The van der Waals surface area contributed by atoms with Crippen LogP contribution in [0.4, 0.5) is 0 Å². The van der Waals surface area contributed by atoms with Gasteiger partial charge in [0.1, 0.15) is 11.3 Å². The molecule has 9 heteroatoms.